The number of aromatic hydroxyl groups is 1. The third-order valence-electron chi connectivity index (χ3n) is 0.960. The summed E-state index contributed by atoms with van der Waals surface area (Å²) >= 11 is 0. The molecule has 0 aliphatic heterocycles. The minimum Gasteiger partial charge on any atom is -0.545 e. The van der Waals surface area contributed by atoms with Gasteiger partial charge in [-0.2, -0.15) is 0 Å². The predicted molar refractivity (Wildman–Crippen MR) is 30.2 cm³/mol. The molecule has 1 aromatic heterocycles. The van der Waals surface area contributed by atoms with Gasteiger partial charge in [-0.15, -0.1) is 0 Å². The van der Waals surface area contributed by atoms with Gasteiger partial charge < -0.3 is 15.0 Å². The van der Waals surface area contributed by atoms with Crippen LogP contribution in [0, 0.1) is 0 Å². The van der Waals surface area contributed by atoms with Gasteiger partial charge in [0.15, 0.2) is 0 Å². The molecule has 1 N–H and O–H groups in total. The molecule has 0 aromatic carbocycles. The SMILES string of the molecule is O=C([O-])c1cncc(O)c1.[Na+]. The van der Waals surface area contributed by atoms with E-state index in [2.05, 4.69) is 4.98 Å². The van der Waals surface area contributed by atoms with E-state index in [9.17, 15) is 9.90 Å². The van der Waals surface area contributed by atoms with Crippen LogP contribution in [0.5, 0.6) is 5.75 Å². The van der Waals surface area contributed by atoms with Crippen molar-refractivity contribution in [1.29, 1.82) is 0 Å². The van der Waals surface area contributed by atoms with Crippen molar-refractivity contribution in [2.45, 2.75) is 0 Å². The van der Waals surface area contributed by atoms with Gasteiger partial charge in [0.05, 0.1) is 12.2 Å². The third kappa shape index (κ3) is 2.88. The first kappa shape index (κ1) is 10.4. The van der Waals surface area contributed by atoms with Crippen molar-refractivity contribution in [3.63, 3.8) is 0 Å². The Balaban J connectivity index is 0.000001000. The number of carboxylic acids is 1. The number of nitrogens with zero attached hydrogens (tertiary/aromatic N) is 1. The number of carboxylic acid groups (broad SMARTS) is 1. The van der Waals surface area contributed by atoms with Crippen LogP contribution in [0.15, 0.2) is 18.5 Å². The van der Waals surface area contributed by atoms with Crippen LogP contribution in [0.4, 0.5) is 0 Å². The van der Waals surface area contributed by atoms with Crippen molar-refractivity contribution in [3.8, 4) is 5.75 Å². The molecule has 0 bridgehead atoms. The molecular weight excluding hydrogens is 157 g/mol. The maximum atomic E-state index is 10.1. The smallest absolute Gasteiger partial charge is 0.545 e. The average molecular weight is 161 g/mol. The maximum Gasteiger partial charge on any atom is 1.00 e. The van der Waals surface area contributed by atoms with Gasteiger partial charge in [0, 0.05) is 11.8 Å². The minimum atomic E-state index is -1.34. The third-order valence-corrected chi connectivity index (χ3v) is 0.960. The van der Waals surface area contributed by atoms with Crippen molar-refractivity contribution in [3.05, 3.63) is 24.0 Å². The zero-order chi connectivity index (χ0) is 7.56. The first-order chi connectivity index (χ1) is 4.70. The normalized spacial score (nSPS) is 8.36. The molecule has 0 fully saturated rings. The van der Waals surface area contributed by atoms with E-state index in [0.29, 0.717) is 0 Å². The van der Waals surface area contributed by atoms with Gasteiger partial charge in [-0.25, -0.2) is 0 Å². The Labute approximate surface area is 85.2 Å². The molecule has 52 valence electrons. The second-order valence-corrected chi connectivity index (χ2v) is 1.72. The number of aromatic nitrogens is 1. The molecule has 1 rings (SSSR count). The molecule has 0 radical (unpaired) electrons. The number of carbonyl (C=O) groups is 1. The Morgan fingerprint density at radius 3 is 2.55 bits per heavy atom. The summed E-state index contributed by atoms with van der Waals surface area (Å²) in [6.45, 7) is 0. The number of carbonyl (C=O) groups excluding carboxylic acids is 1. The molecule has 0 aliphatic carbocycles. The number of hydrogen-bond donors (Lipinski definition) is 1. The second kappa shape index (κ2) is 4.33. The largest absolute Gasteiger partial charge is 1.00 e. The summed E-state index contributed by atoms with van der Waals surface area (Å²) in [5, 5.41) is 18.8. The van der Waals surface area contributed by atoms with Crippen LogP contribution in [0.25, 0.3) is 0 Å². The molecule has 0 atom stereocenters. The molecule has 11 heavy (non-hydrogen) atoms. The maximum absolute atomic E-state index is 10.1. The molecule has 0 spiro atoms. The van der Waals surface area contributed by atoms with Gasteiger partial charge >= 0.3 is 29.6 Å². The van der Waals surface area contributed by atoms with E-state index in [4.69, 9.17) is 5.11 Å². The van der Waals surface area contributed by atoms with Crippen molar-refractivity contribution < 1.29 is 44.6 Å². The molecular formula is C6H4NNaO3. The van der Waals surface area contributed by atoms with Gasteiger partial charge in [-0.05, 0) is 6.07 Å². The summed E-state index contributed by atoms with van der Waals surface area (Å²) in [4.78, 5) is 13.5. The van der Waals surface area contributed by atoms with Crippen LogP contribution >= 0.6 is 0 Å². The molecule has 0 saturated heterocycles. The molecule has 0 amide bonds. The van der Waals surface area contributed by atoms with E-state index in [1.165, 1.54) is 0 Å². The van der Waals surface area contributed by atoms with Gasteiger partial charge in [0.2, 0.25) is 0 Å². The Morgan fingerprint density at radius 1 is 1.55 bits per heavy atom. The van der Waals surface area contributed by atoms with Crippen LogP contribution < -0.4 is 34.7 Å². The monoisotopic (exact) mass is 161 g/mol. The second-order valence-electron chi connectivity index (χ2n) is 1.72. The fraction of sp³-hybridized carbons (Fsp3) is 0. The van der Waals surface area contributed by atoms with Gasteiger partial charge in [-0.3, -0.25) is 4.98 Å². The van der Waals surface area contributed by atoms with Crippen LogP contribution in [0.2, 0.25) is 0 Å². The molecule has 1 heterocycles. The fourth-order valence-corrected chi connectivity index (χ4v) is 0.539. The van der Waals surface area contributed by atoms with E-state index in [-0.39, 0.29) is 40.9 Å². The zero-order valence-electron chi connectivity index (χ0n) is 5.94. The van der Waals surface area contributed by atoms with E-state index < -0.39 is 5.97 Å². The van der Waals surface area contributed by atoms with Crippen molar-refractivity contribution in [2.75, 3.05) is 0 Å². The Kier molecular flexibility index (Phi) is 4.10. The number of aromatic carboxylic acids is 1. The summed E-state index contributed by atoms with van der Waals surface area (Å²) in [5.41, 5.74) is -0.125. The summed E-state index contributed by atoms with van der Waals surface area (Å²) in [5.74, 6) is -1.52. The molecule has 4 nitrogen and oxygen atoms in total. The Hall–Kier alpha value is -0.580. The predicted octanol–water partition coefficient (Wildman–Crippen LogP) is -3.85. The van der Waals surface area contributed by atoms with Crippen molar-refractivity contribution in [1.82, 2.24) is 4.98 Å². The Bertz CT molecular complexity index is 264. The summed E-state index contributed by atoms with van der Waals surface area (Å²) in [7, 11) is 0. The van der Waals surface area contributed by atoms with Crippen LogP contribution in [0.1, 0.15) is 10.4 Å². The molecule has 0 unspecified atom stereocenters. The van der Waals surface area contributed by atoms with E-state index in [0.717, 1.165) is 18.5 Å². The van der Waals surface area contributed by atoms with E-state index >= 15 is 0 Å². The molecule has 0 aliphatic rings. The minimum absolute atomic E-state index is 0. The quantitative estimate of drug-likeness (QED) is 0.428. The van der Waals surface area contributed by atoms with Crippen molar-refractivity contribution in [2.24, 2.45) is 0 Å². The van der Waals surface area contributed by atoms with Crippen LogP contribution in [0.3, 0.4) is 0 Å². The first-order valence-electron chi connectivity index (χ1n) is 2.55. The van der Waals surface area contributed by atoms with Gasteiger partial charge in [0.25, 0.3) is 0 Å². The molecule has 1 aromatic rings. The number of rotatable bonds is 1. The summed E-state index contributed by atoms with van der Waals surface area (Å²) in [6.07, 6.45) is 2.25. The van der Waals surface area contributed by atoms with Crippen LogP contribution in [-0.2, 0) is 0 Å². The molecule has 0 saturated carbocycles. The van der Waals surface area contributed by atoms with Gasteiger partial charge in [0.1, 0.15) is 5.75 Å². The fourth-order valence-electron chi connectivity index (χ4n) is 0.539. The Morgan fingerprint density at radius 2 is 2.18 bits per heavy atom. The summed E-state index contributed by atoms with van der Waals surface area (Å²) < 4.78 is 0. The first-order valence-corrected chi connectivity index (χ1v) is 2.55. The van der Waals surface area contributed by atoms with E-state index in [1.807, 2.05) is 0 Å². The topological polar surface area (TPSA) is 73.2 Å². The van der Waals surface area contributed by atoms with Crippen molar-refractivity contribution >= 4 is 5.97 Å². The number of hydrogen-bond acceptors (Lipinski definition) is 4. The zero-order valence-corrected chi connectivity index (χ0v) is 7.94. The summed E-state index contributed by atoms with van der Waals surface area (Å²) in [6, 6.07) is 1.07. The van der Waals surface area contributed by atoms with Gasteiger partial charge in [-0.1, -0.05) is 0 Å². The van der Waals surface area contributed by atoms with Crippen LogP contribution in [-0.4, -0.2) is 16.1 Å². The standard InChI is InChI=1S/C6H5NO3.Na/c8-5-1-4(6(9)10)2-7-3-5;/h1-3,8H,(H,9,10);/q;+1/p-1. The van der Waals surface area contributed by atoms with E-state index in [1.54, 1.807) is 0 Å². The molecule has 5 heteroatoms. The average Bonchev–Trinajstić information content (AvgIpc) is 1.88. The number of pyridine rings is 1.